The molecule has 0 saturated heterocycles. The van der Waals surface area contributed by atoms with Gasteiger partial charge in [-0.25, -0.2) is 0 Å². The van der Waals surface area contributed by atoms with Crippen molar-refractivity contribution in [3.05, 3.63) is 35.9 Å². The fraction of sp³-hybridized carbons (Fsp3) is 0.300. The maximum atomic E-state index is 11.0. The second-order valence-corrected chi connectivity index (χ2v) is 2.55. The summed E-state index contributed by atoms with van der Waals surface area (Å²) in [4.78, 5) is 11.0. The van der Waals surface area contributed by atoms with Gasteiger partial charge in [-0.1, -0.05) is 30.3 Å². The van der Waals surface area contributed by atoms with Gasteiger partial charge in [0.15, 0.2) is 0 Å². The lowest BCUT2D eigenvalue weighted by molar-refractivity contribution is -0.142. The van der Waals surface area contributed by atoms with Crippen molar-refractivity contribution in [2.45, 2.75) is 12.5 Å². The predicted molar refractivity (Wildman–Crippen MR) is 48.0 cm³/mol. The van der Waals surface area contributed by atoms with Crippen molar-refractivity contribution in [3.8, 4) is 0 Å². The molecular weight excluding hydrogens is 168 g/mol. The molecule has 0 aliphatic rings. The molecule has 1 aromatic rings. The van der Waals surface area contributed by atoms with Crippen LogP contribution in [0.15, 0.2) is 30.3 Å². The Morgan fingerprint density at radius 2 is 2.23 bits per heavy atom. The highest BCUT2D eigenvalue weighted by molar-refractivity contribution is 5.70. The van der Waals surface area contributed by atoms with Gasteiger partial charge in [0.1, 0.15) is 0 Å². The minimum Gasteiger partial charge on any atom is -0.469 e. The summed E-state index contributed by atoms with van der Waals surface area (Å²) in [7, 11) is 1.20. The van der Waals surface area contributed by atoms with Gasteiger partial charge in [-0.15, -0.1) is 0 Å². The maximum Gasteiger partial charge on any atom is 0.308 e. The summed E-state index contributed by atoms with van der Waals surface area (Å²) in [5, 5.41) is 9.60. The third-order valence-corrected chi connectivity index (χ3v) is 1.64. The number of carbonyl (C=O) groups is 1. The summed E-state index contributed by atoms with van der Waals surface area (Å²) >= 11 is 0. The van der Waals surface area contributed by atoms with Gasteiger partial charge in [0.2, 0.25) is 0 Å². The van der Waals surface area contributed by atoms with Crippen molar-refractivity contribution < 1.29 is 16.0 Å². The first-order valence-corrected chi connectivity index (χ1v) is 3.90. The zero-order valence-corrected chi connectivity index (χ0v) is 7.31. The van der Waals surface area contributed by atoms with Gasteiger partial charge in [-0.2, -0.15) is 0 Å². The highest BCUT2D eigenvalue weighted by Crippen LogP contribution is 2.15. The zero-order chi connectivity index (χ0) is 10.6. The van der Waals surface area contributed by atoms with E-state index in [1.807, 2.05) is 0 Å². The van der Waals surface area contributed by atoms with Gasteiger partial charge in [0.05, 0.1) is 19.6 Å². The molecule has 0 aliphatic heterocycles. The molecule has 13 heavy (non-hydrogen) atoms. The molecule has 3 heteroatoms. The zero-order valence-electron chi connectivity index (χ0n) is 8.31. The van der Waals surface area contributed by atoms with Crippen LogP contribution in [0.25, 0.3) is 0 Å². The smallest absolute Gasteiger partial charge is 0.308 e. The second-order valence-electron chi connectivity index (χ2n) is 2.55. The lowest BCUT2D eigenvalue weighted by atomic mass is 10.1. The third kappa shape index (κ3) is 2.87. The minimum absolute atomic E-state index is 0.540. The van der Waals surface area contributed by atoms with Crippen LogP contribution in [-0.4, -0.2) is 18.2 Å². The van der Waals surface area contributed by atoms with E-state index in [0.29, 0.717) is 5.56 Å². The Kier molecular flexibility index (Phi) is 2.94. The first-order valence-electron chi connectivity index (χ1n) is 4.47. The Hall–Kier alpha value is -1.35. The number of hydrogen-bond donors (Lipinski definition) is 1. The van der Waals surface area contributed by atoms with Crippen molar-refractivity contribution in [3.63, 3.8) is 0 Å². The Morgan fingerprint density at radius 1 is 1.62 bits per heavy atom. The highest BCUT2D eigenvalue weighted by atomic mass is 16.5. The lowest BCUT2D eigenvalue weighted by Crippen LogP contribution is -2.07. The van der Waals surface area contributed by atoms with Crippen LogP contribution in [0.1, 0.15) is 19.4 Å². The standard InChI is InChI=1S/C10H12O3/c1-13-10(12)7-9(11)8-5-3-2-4-6-8/h2-6,9,11H,7H2,1H3/t9-/m1/s1/i7D/t7-,9+/m0. The number of carbonyl (C=O) groups excluding carboxylic acids is 1. The Labute approximate surface area is 78.4 Å². The van der Waals surface area contributed by atoms with Crippen molar-refractivity contribution >= 4 is 5.97 Å². The van der Waals surface area contributed by atoms with Crippen molar-refractivity contribution in [2.24, 2.45) is 0 Å². The molecule has 0 fully saturated rings. The van der Waals surface area contributed by atoms with Gasteiger partial charge in [0, 0.05) is 1.37 Å². The molecule has 1 N–H and O–H groups in total. The van der Waals surface area contributed by atoms with Crippen molar-refractivity contribution in [1.82, 2.24) is 0 Å². The van der Waals surface area contributed by atoms with E-state index in [1.165, 1.54) is 7.11 Å². The molecule has 0 aliphatic carbocycles. The summed E-state index contributed by atoms with van der Waals surface area (Å²) in [6, 6.07) is 8.60. The lowest BCUT2D eigenvalue weighted by Gasteiger charge is -2.08. The van der Waals surface area contributed by atoms with E-state index < -0.39 is 18.5 Å². The molecule has 1 aromatic carbocycles. The number of ether oxygens (including phenoxy) is 1. The van der Waals surface area contributed by atoms with Crippen LogP contribution in [-0.2, 0) is 9.53 Å². The van der Waals surface area contributed by atoms with Gasteiger partial charge >= 0.3 is 5.97 Å². The van der Waals surface area contributed by atoms with Crippen LogP contribution in [0.2, 0.25) is 0 Å². The maximum absolute atomic E-state index is 11.0. The van der Waals surface area contributed by atoms with Crippen LogP contribution in [0.3, 0.4) is 0 Å². The number of benzene rings is 1. The fourth-order valence-corrected chi connectivity index (χ4v) is 0.943. The van der Waals surface area contributed by atoms with Crippen molar-refractivity contribution in [1.29, 1.82) is 0 Å². The molecule has 3 nitrogen and oxygen atoms in total. The summed E-state index contributed by atoms with van der Waals surface area (Å²) in [5.74, 6) is -0.735. The molecule has 0 saturated carbocycles. The quantitative estimate of drug-likeness (QED) is 0.714. The van der Waals surface area contributed by atoms with E-state index in [-0.39, 0.29) is 0 Å². The Balaban J connectivity index is 2.75. The van der Waals surface area contributed by atoms with Gasteiger partial charge in [-0.3, -0.25) is 4.79 Å². The molecule has 0 aromatic heterocycles. The topological polar surface area (TPSA) is 46.5 Å². The molecule has 2 atom stereocenters. The molecule has 0 radical (unpaired) electrons. The van der Waals surface area contributed by atoms with Crippen molar-refractivity contribution in [2.75, 3.05) is 7.11 Å². The number of methoxy groups -OCH3 is 1. The average Bonchev–Trinajstić information content (AvgIpc) is 2.27. The van der Waals surface area contributed by atoms with Crippen LogP contribution in [0.4, 0.5) is 0 Å². The molecular formula is C10H12O3. The van der Waals surface area contributed by atoms with Crippen LogP contribution < -0.4 is 0 Å². The molecule has 0 bridgehead atoms. The fourth-order valence-electron chi connectivity index (χ4n) is 0.943. The van der Waals surface area contributed by atoms with E-state index in [0.717, 1.165) is 0 Å². The second kappa shape index (κ2) is 4.62. The molecule has 0 heterocycles. The first kappa shape index (κ1) is 8.26. The van der Waals surface area contributed by atoms with Gasteiger partial charge < -0.3 is 9.84 Å². The number of rotatable bonds is 3. The number of esters is 1. The first-order chi connectivity index (χ1) is 6.66. The molecule has 0 unspecified atom stereocenters. The highest BCUT2D eigenvalue weighted by Gasteiger charge is 2.11. The van der Waals surface area contributed by atoms with Crippen LogP contribution in [0.5, 0.6) is 0 Å². The largest absolute Gasteiger partial charge is 0.469 e. The number of aliphatic hydroxyl groups is 1. The summed E-state index contributed by atoms with van der Waals surface area (Å²) < 4.78 is 11.8. The summed E-state index contributed by atoms with van der Waals surface area (Å²) in [6.45, 7) is 0. The van der Waals surface area contributed by atoms with E-state index in [2.05, 4.69) is 4.74 Å². The molecule has 1 rings (SSSR count). The molecule has 0 spiro atoms. The van der Waals surface area contributed by atoms with Gasteiger partial charge in [-0.05, 0) is 5.56 Å². The third-order valence-electron chi connectivity index (χ3n) is 1.64. The predicted octanol–water partition coefficient (Wildman–Crippen LogP) is 1.28. The minimum atomic E-state index is -1.29. The van der Waals surface area contributed by atoms with E-state index >= 15 is 0 Å². The number of aliphatic hydroxyl groups excluding tert-OH is 1. The van der Waals surface area contributed by atoms with Crippen LogP contribution >= 0.6 is 0 Å². The molecule has 0 amide bonds. The van der Waals surface area contributed by atoms with E-state index in [4.69, 9.17) is 1.37 Å². The normalized spacial score (nSPS) is 15.7. The monoisotopic (exact) mass is 181 g/mol. The Bertz CT molecular complexity index is 299. The van der Waals surface area contributed by atoms with E-state index in [1.54, 1.807) is 30.3 Å². The summed E-state index contributed by atoms with van der Waals surface area (Å²) in [6.07, 6.45) is -2.42. The molecule has 70 valence electrons. The van der Waals surface area contributed by atoms with Gasteiger partial charge in [0.25, 0.3) is 0 Å². The average molecular weight is 181 g/mol. The summed E-state index contributed by atoms with van der Waals surface area (Å²) in [5.41, 5.74) is 0.540. The number of hydrogen-bond acceptors (Lipinski definition) is 3. The SMILES string of the molecule is [2H][C@H](C(=O)OC)[C@@H](O)c1ccccc1. The Morgan fingerprint density at radius 3 is 2.77 bits per heavy atom. The van der Waals surface area contributed by atoms with E-state index in [9.17, 15) is 9.90 Å². The van der Waals surface area contributed by atoms with Crippen LogP contribution in [0, 0.1) is 0 Å².